The van der Waals surface area contributed by atoms with Crippen molar-refractivity contribution in [2.45, 2.75) is 33.7 Å². The van der Waals surface area contributed by atoms with Gasteiger partial charge in [0.25, 0.3) is 0 Å². The first-order valence-electron chi connectivity index (χ1n) is 7.87. The van der Waals surface area contributed by atoms with Crippen LogP contribution in [0.2, 0.25) is 0 Å². The zero-order valence-corrected chi connectivity index (χ0v) is 14.3. The Hall–Kier alpha value is -2.89. The Labute approximate surface area is 141 Å². The molecule has 1 atom stereocenters. The number of aromatic nitrogens is 4. The van der Waals surface area contributed by atoms with Crippen molar-refractivity contribution < 1.29 is 4.79 Å². The van der Waals surface area contributed by atoms with Gasteiger partial charge in [-0.15, -0.1) is 0 Å². The molecule has 0 spiro atoms. The zero-order chi connectivity index (χ0) is 17.3. The summed E-state index contributed by atoms with van der Waals surface area (Å²) in [5.74, 6) is 0.549. The number of carbonyl (C=O) groups excluding carboxylic acids is 1. The maximum absolute atomic E-state index is 12.5. The number of aryl methyl sites for hydroxylation is 3. The van der Waals surface area contributed by atoms with E-state index >= 15 is 0 Å². The van der Waals surface area contributed by atoms with Crippen LogP contribution < -0.4 is 5.32 Å². The maximum atomic E-state index is 12.5. The van der Waals surface area contributed by atoms with Crippen molar-refractivity contribution in [3.05, 3.63) is 59.8 Å². The maximum Gasteiger partial charge on any atom is 0.248 e. The van der Waals surface area contributed by atoms with E-state index in [0.29, 0.717) is 5.82 Å². The number of hydrogen-bond donors (Lipinski definition) is 1. The molecule has 2 aromatic heterocycles. The number of nitrogens with zero attached hydrogens (tertiary/aromatic N) is 4. The molecule has 1 amide bonds. The molecule has 0 aliphatic heterocycles. The van der Waals surface area contributed by atoms with E-state index in [1.165, 1.54) is 0 Å². The van der Waals surface area contributed by atoms with Gasteiger partial charge in [0.15, 0.2) is 0 Å². The highest BCUT2D eigenvalue weighted by Gasteiger charge is 2.17. The van der Waals surface area contributed by atoms with Gasteiger partial charge in [0.1, 0.15) is 11.9 Å². The van der Waals surface area contributed by atoms with Gasteiger partial charge in [-0.3, -0.25) is 4.79 Å². The highest BCUT2D eigenvalue weighted by molar-refractivity contribution is 5.93. The largest absolute Gasteiger partial charge is 0.325 e. The number of nitrogens with one attached hydrogen (secondary N) is 1. The number of imidazole rings is 1. The summed E-state index contributed by atoms with van der Waals surface area (Å²) in [5, 5.41) is 7.49. The Morgan fingerprint density at radius 1 is 1.12 bits per heavy atom. The summed E-state index contributed by atoms with van der Waals surface area (Å²) in [5.41, 5.74) is 4.09. The van der Waals surface area contributed by atoms with Crippen LogP contribution in [0.3, 0.4) is 0 Å². The monoisotopic (exact) mass is 323 g/mol. The standard InChI is InChI=1S/C18H21N5O/c1-12-7-13(2)9-16(8-12)23-17(10-14(3)21-23)20-18(24)15(4)22-6-5-19-11-22/h5-11,15H,1-4H3,(H,20,24). The lowest BCUT2D eigenvalue weighted by Gasteiger charge is -2.15. The molecule has 1 unspecified atom stereocenters. The third-order valence-corrected chi connectivity index (χ3v) is 3.89. The second-order valence-corrected chi connectivity index (χ2v) is 6.10. The first-order valence-corrected chi connectivity index (χ1v) is 7.87. The van der Waals surface area contributed by atoms with Gasteiger partial charge >= 0.3 is 0 Å². The van der Waals surface area contributed by atoms with Gasteiger partial charge in [0.2, 0.25) is 5.91 Å². The van der Waals surface area contributed by atoms with Crippen LogP contribution in [-0.4, -0.2) is 25.2 Å². The van der Waals surface area contributed by atoms with Crippen molar-refractivity contribution in [1.82, 2.24) is 19.3 Å². The normalized spacial score (nSPS) is 12.2. The number of benzene rings is 1. The Morgan fingerprint density at radius 3 is 2.46 bits per heavy atom. The van der Waals surface area contributed by atoms with E-state index in [-0.39, 0.29) is 11.9 Å². The molecular weight excluding hydrogens is 302 g/mol. The van der Waals surface area contributed by atoms with Crippen LogP contribution in [0.15, 0.2) is 43.0 Å². The second kappa shape index (κ2) is 6.31. The summed E-state index contributed by atoms with van der Waals surface area (Å²) in [6.45, 7) is 7.84. The summed E-state index contributed by atoms with van der Waals surface area (Å²) < 4.78 is 3.54. The van der Waals surface area contributed by atoms with Gasteiger partial charge in [-0.25, -0.2) is 9.67 Å². The highest BCUT2D eigenvalue weighted by atomic mass is 16.2. The van der Waals surface area contributed by atoms with Gasteiger partial charge < -0.3 is 9.88 Å². The number of amides is 1. The van der Waals surface area contributed by atoms with Crippen molar-refractivity contribution in [2.24, 2.45) is 0 Å². The number of hydrogen-bond acceptors (Lipinski definition) is 3. The van der Waals surface area contributed by atoms with E-state index in [0.717, 1.165) is 22.5 Å². The van der Waals surface area contributed by atoms with Crippen LogP contribution in [0.5, 0.6) is 0 Å². The first kappa shape index (κ1) is 16.0. The molecule has 0 fully saturated rings. The first-order chi connectivity index (χ1) is 11.4. The molecule has 2 heterocycles. The third-order valence-electron chi connectivity index (χ3n) is 3.89. The van der Waals surface area contributed by atoms with Crippen LogP contribution in [0.25, 0.3) is 5.69 Å². The van der Waals surface area contributed by atoms with Gasteiger partial charge in [-0.2, -0.15) is 5.10 Å². The Morgan fingerprint density at radius 2 is 1.83 bits per heavy atom. The molecule has 0 aliphatic carbocycles. The van der Waals surface area contributed by atoms with E-state index in [4.69, 9.17) is 0 Å². The molecule has 1 N–H and O–H groups in total. The van der Waals surface area contributed by atoms with Crippen molar-refractivity contribution in [2.75, 3.05) is 5.32 Å². The van der Waals surface area contributed by atoms with Crippen molar-refractivity contribution >= 4 is 11.7 Å². The average molecular weight is 323 g/mol. The SMILES string of the molecule is Cc1cc(C)cc(-n2nc(C)cc2NC(=O)C(C)n2ccnc2)c1. The van der Waals surface area contributed by atoms with E-state index in [9.17, 15) is 4.79 Å². The quantitative estimate of drug-likeness (QED) is 0.802. The summed E-state index contributed by atoms with van der Waals surface area (Å²) in [6, 6.07) is 7.73. The predicted molar refractivity (Wildman–Crippen MR) is 93.3 cm³/mol. The van der Waals surface area contributed by atoms with E-state index in [2.05, 4.69) is 21.5 Å². The molecule has 0 saturated heterocycles. The van der Waals surface area contributed by atoms with Gasteiger partial charge in [-0.1, -0.05) is 6.07 Å². The van der Waals surface area contributed by atoms with Crippen molar-refractivity contribution in [3.63, 3.8) is 0 Å². The third kappa shape index (κ3) is 3.22. The lowest BCUT2D eigenvalue weighted by Crippen LogP contribution is -2.24. The highest BCUT2D eigenvalue weighted by Crippen LogP contribution is 2.21. The van der Waals surface area contributed by atoms with Crippen molar-refractivity contribution in [1.29, 1.82) is 0 Å². The molecule has 124 valence electrons. The predicted octanol–water partition coefficient (Wildman–Crippen LogP) is 3.19. The summed E-state index contributed by atoms with van der Waals surface area (Å²) in [7, 11) is 0. The molecule has 0 saturated carbocycles. The minimum Gasteiger partial charge on any atom is -0.325 e. The second-order valence-electron chi connectivity index (χ2n) is 6.10. The number of rotatable bonds is 4. The van der Waals surface area contributed by atoms with Crippen LogP contribution in [0.1, 0.15) is 29.8 Å². The molecule has 3 aromatic rings. The lowest BCUT2D eigenvalue weighted by molar-refractivity contribution is -0.118. The fourth-order valence-electron chi connectivity index (χ4n) is 2.72. The summed E-state index contributed by atoms with van der Waals surface area (Å²) in [6.07, 6.45) is 5.07. The van der Waals surface area contributed by atoms with E-state index < -0.39 is 0 Å². The summed E-state index contributed by atoms with van der Waals surface area (Å²) >= 11 is 0. The molecular formula is C18H21N5O. The Balaban J connectivity index is 1.90. The molecule has 0 radical (unpaired) electrons. The zero-order valence-electron chi connectivity index (χ0n) is 14.3. The molecule has 1 aromatic carbocycles. The Kier molecular flexibility index (Phi) is 4.20. The molecule has 0 bridgehead atoms. The molecule has 24 heavy (non-hydrogen) atoms. The smallest absolute Gasteiger partial charge is 0.248 e. The minimum absolute atomic E-state index is 0.112. The van der Waals surface area contributed by atoms with Gasteiger partial charge in [0.05, 0.1) is 17.7 Å². The number of anilines is 1. The fourth-order valence-corrected chi connectivity index (χ4v) is 2.72. The van der Waals surface area contributed by atoms with Gasteiger partial charge in [-0.05, 0) is 51.0 Å². The van der Waals surface area contributed by atoms with Crippen LogP contribution in [0, 0.1) is 20.8 Å². The van der Waals surface area contributed by atoms with Crippen molar-refractivity contribution in [3.8, 4) is 5.69 Å². The van der Waals surface area contributed by atoms with E-state index in [1.54, 1.807) is 28.0 Å². The molecule has 3 rings (SSSR count). The molecule has 6 heteroatoms. The minimum atomic E-state index is -0.351. The van der Waals surface area contributed by atoms with Crippen LogP contribution in [0.4, 0.5) is 5.82 Å². The van der Waals surface area contributed by atoms with Gasteiger partial charge in [0, 0.05) is 18.5 Å². The van der Waals surface area contributed by atoms with Crippen LogP contribution >= 0.6 is 0 Å². The molecule has 6 nitrogen and oxygen atoms in total. The fraction of sp³-hybridized carbons (Fsp3) is 0.278. The number of carbonyl (C=O) groups is 1. The van der Waals surface area contributed by atoms with E-state index in [1.807, 2.05) is 45.9 Å². The average Bonchev–Trinajstić information content (AvgIpc) is 3.15. The lowest BCUT2D eigenvalue weighted by atomic mass is 10.1. The molecule has 0 aliphatic rings. The Bertz CT molecular complexity index is 843. The topological polar surface area (TPSA) is 64.7 Å². The van der Waals surface area contributed by atoms with Crippen LogP contribution in [-0.2, 0) is 4.79 Å². The summed E-state index contributed by atoms with van der Waals surface area (Å²) in [4.78, 5) is 16.5.